The summed E-state index contributed by atoms with van der Waals surface area (Å²) in [4.78, 5) is 0. The molecule has 0 amide bonds. The Morgan fingerprint density at radius 3 is 2.65 bits per heavy atom. The normalized spacial score (nSPS) is 11.5. The SMILES string of the molecule is COc1ccc(CNCCS(C)(=O)=O)cc1Br. The number of rotatable bonds is 6. The Kier molecular flexibility index (Phi) is 5.42. The lowest BCUT2D eigenvalue weighted by atomic mass is 10.2. The molecule has 17 heavy (non-hydrogen) atoms. The van der Waals surface area contributed by atoms with E-state index in [9.17, 15) is 8.42 Å². The largest absolute Gasteiger partial charge is 0.496 e. The van der Waals surface area contributed by atoms with Crippen molar-refractivity contribution in [3.63, 3.8) is 0 Å². The fourth-order valence-electron chi connectivity index (χ4n) is 1.31. The maximum absolute atomic E-state index is 10.9. The molecule has 0 aliphatic carbocycles. The first-order valence-corrected chi connectivity index (χ1v) is 7.98. The number of methoxy groups -OCH3 is 1. The van der Waals surface area contributed by atoms with Crippen molar-refractivity contribution >= 4 is 25.8 Å². The first-order valence-electron chi connectivity index (χ1n) is 5.13. The van der Waals surface area contributed by atoms with Crippen molar-refractivity contribution in [2.45, 2.75) is 6.54 Å². The second-order valence-electron chi connectivity index (χ2n) is 3.78. The van der Waals surface area contributed by atoms with E-state index in [0.29, 0.717) is 13.1 Å². The zero-order chi connectivity index (χ0) is 12.9. The Morgan fingerprint density at radius 2 is 2.12 bits per heavy atom. The smallest absolute Gasteiger partial charge is 0.148 e. The number of hydrogen-bond donors (Lipinski definition) is 1. The quantitative estimate of drug-likeness (QED) is 0.808. The highest BCUT2D eigenvalue weighted by molar-refractivity contribution is 9.10. The number of ether oxygens (including phenoxy) is 1. The van der Waals surface area contributed by atoms with Gasteiger partial charge >= 0.3 is 0 Å². The van der Waals surface area contributed by atoms with Crippen LogP contribution in [0.2, 0.25) is 0 Å². The fraction of sp³-hybridized carbons (Fsp3) is 0.455. The Labute approximate surface area is 110 Å². The van der Waals surface area contributed by atoms with Gasteiger partial charge in [-0.3, -0.25) is 0 Å². The summed E-state index contributed by atoms with van der Waals surface area (Å²) < 4.78 is 27.8. The summed E-state index contributed by atoms with van der Waals surface area (Å²) in [5.41, 5.74) is 1.08. The molecule has 0 saturated carbocycles. The molecule has 0 heterocycles. The molecule has 0 bridgehead atoms. The summed E-state index contributed by atoms with van der Waals surface area (Å²) in [6.07, 6.45) is 1.23. The van der Waals surface area contributed by atoms with Crippen molar-refractivity contribution in [2.75, 3.05) is 25.7 Å². The summed E-state index contributed by atoms with van der Waals surface area (Å²) in [5, 5.41) is 3.08. The molecule has 0 aliphatic heterocycles. The van der Waals surface area contributed by atoms with Crippen LogP contribution in [0.15, 0.2) is 22.7 Å². The van der Waals surface area contributed by atoms with Gasteiger partial charge in [-0.05, 0) is 33.6 Å². The van der Waals surface area contributed by atoms with Gasteiger partial charge in [0.1, 0.15) is 15.6 Å². The zero-order valence-corrected chi connectivity index (χ0v) is 12.3. The molecule has 0 aliphatic rings. The van der Waals surface area contributed by atoms with Crippen LogP contribution >= 0.6 is 15.9 Å². The highest BCUT2D eigenvalue weighted by atomic mass is 79.9. The third-order valence-corrected chi connectivity index (χ3v) is 3.76. The maximum Gasteiger partial charge on any atom is 0.148 e. The van der Waals surface area contributed by atoms with Crippen LogP contribution in [0, 0.1) is 0 Å². The number of hydrogen-bond acceptors (Lipinski definition) is 4. The van der Waals surface area contributed by atoms with Crippen LogP contribution in [0.4, 0.5) is 0 Å². The minimum absolute atomic E-state index is 0.157. The number of nitrogens with one attached hydrogen (secondary N) is 1. The molecule has 96 valence electrons. The van der Waals surface area contributed by atoms with E-state index in [1.165, 1.54) is 6.26 Å². The molecular formula is C11H16BrNO3S. The van der Waals surface area contributed by atoms with Gasteiger partial charge in [-0.25, -0.2) is 8.42 Å². The molecule has 1 rings (SSSR count). The third kappa shape index (κ3) is 5.52. The molecule has 0 spiro atoms. The molecule has 1 N–H and O–H groups in total. The lowest BCUT2D eigenvalue weighted by Crippen LogP contribution is -2.21. The standard InChI is InChI=1S/C11H16BrNO3S/c1-16-11-4-3-9(7-10(11)12)8-13-5-6-17(2,14)15/h3-4,7,13H,5-6,8H2,1-2H3. The molecular weight excluding hydrogens is 306 g/mol. The van der Waals surface area contributed by atoms with E-state index >= 15 is 0 Å². The van der Waals surface area contributed by atoms with Gasteiger partial charge in [0.05, 0.1) is 17.3 Å². The van der Waals surface area contributed by atoms with E-state index in [2.05, 4.69) is 21.2 Å². The van der Waals surface area contributed by atoms with Crippen LogP contribution in [0.1, 0.15) is 5.56 Å². The van der Waals surface area contributed by atoms with Crippen molar-refractivity contribution in [1.29, 1.82) is 0 Å². The van der Waals surface area contributed by atoms with Crippen molar-refractivity contribution in [3.8, 4) is 5.75 Å². The van der Waals surface area contributed by atoms with Gasteiger partial charge in [-0.15, -0.1) is 0 Å². The Bertz CT molecular complexity index is 474. The first-order chi connectivity index (χ1) is 7.92. The molecule has 1 aromatic carbocycles. The average molecular weight is 322 g/mol. The Morgan fingerprint density at radius 1 is 1.41 bits per heavy atom. The van der Waals surface area contributed by atoms with Crippen LogP contribution in [0.25, 0.3) is 0 Å². The third-order valence-electron chi connectivity index (χ3n) is 2.19. The average Bonchev–Trinajstić information content (AvgIpc) is 2.23. The predicted molar refractivity (Wildman–Crippen MR) is 72.1 cm³/mol. The van der Waals surface area contributed by atoms with Crippen LogP contribution in [-0.4, -0.2) is 34.1 Å². The monoisotopic (exact) mass is 321 g/mol. The summed E-state index contributed by atoms with van der Waals surface area (Å²) >= 11 is 3.40. The van der Waals surface area contributed by atoms with Gasteiger partial charge in [-0.2, -0.15) is 0 Å². The summed E-state index contributed by atoms with van der Waals surface area (Å²) in [7, 11) is -1.27. The molecule has 0 fully saturated rings. The van der Waals surface area contributed by atoms with Gasteiger partial charge < -0.3 is 10.1 Å². The van der Waals surface area contributed by atoms with E-state index in [1.807, 2.05) is 18.2 Å². The second-order valence-corrected chi connectivity index (χ2v) is 6.89. The number of benzene rings is 1. The Hall–Kier alpha value is -0.590. The molecule has 0 aromatic heterocycles. The summed E-state index contributed by atoms with van der Waals surface area (Å²) in [6, 6.07) is 5.76. The van der Waals surface area contributed by atoms with Gasteiger partial charge in [0, 0.05) is 19.3 Å². The summed E-state index contributed by atoms with van der Waals surface area (Å²) in [5.74, 6) is 0.939. The van der Waals surface area contributed by atoms with Crippen LogP contribution in [0.3, 0.4) is 0 Å². The fourth-order valence-corrected chi connectivity index (χ4v) is 2.41. The van der Waals surface area contributed by atoms with E-state index in [4.69, 9.17) is 4.74 Å². The maximum atomic E-state index is 10.9. The lowest BCUT2D eigenvalue weighted by molar-refractivity contribution is 0.412. The molecule has 0 atom stereocenters. The van der Waals surface area contributed by atoms with Crippen molar-refractivity contribution < 1.29 is 13.2 Å². The van der Waals surface area contributed by atoms with Gasteiger partial charge in [0.15, 0.2) is 0 Å². The van der Waals surface area contributed by atoms with Crippen molar-refractivity contribution in [1.82, 2.24) is 5.32 Å². The van der Waals surface area contributed by atoms with Gasteiger partial charge in [-0.1, -0.05) is 6.07 Å². The number of sulfone groups is 1. The minimum Gasteiger partial charge on any atom is -0.496 e. The first kappa shape index (κ1) is 14.5. The Balaban J connectivity index is 2.45. The van der Waals surface area contributed by atoms with Crippen LogP contribution < -0.4 is 10.1 Å². The molecule has 4 nitrogen and oxygen atoms in total. The van der Waals surface area contributed by atoms with E-state index < -0.39 is 9.84 Å². The number of halogens is 1. The van der Waals surface area contributed by atoms with Crippen molar-refractivity contribution in [2.24, 2.45) is 0 Å². The van der Waals surface area contributed by atoms with Crippen LogP contribution in [-0.2, 0) is 16.4 Å². The molecule has 0 unspecified atom stereocenters. The topological polar surface area (TPSA) is 55.4 Å². The lowest BCUT2D eigenvalue weighted by Gasteiger charge is -2.07. The van der Waals surface area contributed by atoms with E-state index in [1.54, 1.807) is 7.11 Å². The summed E-state index contributed by atoms with van der Waals surface area (Å²) in [6.45, 7) is 1.10. The highest BCUT2D eigenvalue weighted by Gasteiger charge is 2.03. The zero-order valence-electron chi connectivity index (χ0n) is 9.86. The predicted octanol–water partition coefficient (Wildman–Crippen LogP) is 1.59. The minimum atomic E-state index is -2.89. The van der Waals surface area contributed by atoms with Gasteiger partial charge in [0.2, 0.25) is 0 Å². The van der Waals surface area contributed by atoms with Crippen LogP contribution in [0.5, 0.6) is 5.75 Å². The molecule has 1 aromatic rings. The van der Waals surface area contributed by atoms with Crippen molar-refractivity contribution in [3.05, 3.63) is 28.2 Å². The molecule has 0 radical (unpaired) electrons. The highest BCUT2D eigenvalue weighted by Crippen LogP contribution is 2.25. The molecule has 6 heteroatoms. The van der Waals surface area contributed by atoms with E-state index in [-0.39, 0.29) is 5.75 Å². The molecule has 0 saturated heterocycles. The van der Waals surface area contributed by atoms with E-state index in [0.717, 1.165) is 15.8 Å². The second kappa shape index (κ2) is 6.37. The van der Waals surface area contributed by atoms with Gasteiger partial charge in [0.25, 0.3) is 0 Å².